The first kappa shape index (κ1) is 17.9. The maximum Gasteiger partial charge on any atom is 0.228 e. The van der Waals surface area contributed by atoms with Gasteiger partial charge in [-0.15, -0.1) is 0 Å². The molecule has 0 aromatic heterocycles. The predicted molar refractivity (Wildman–Crippen MR) is 105 cm³/mol. The summed E-state index contributed by atoms with van der Waals surface area (Å²) in [5.41, 5.74) is 2.87. The van der Waals surface area contributed by atoms with Gasteiger partial charge in [-0.05, 0) is 28.8 Å². The van der Waals surface area contributed by atoms with E-state index < -0.39 is 11.7 Å². The molecule has 3 aromatic carbocycles. The topological polar surface area (TPSA) is 58.2 Å². The quantitative estimate of drug-likeness (QED) is 0.721. The van der Waals surface area contributed by atoms with Crippen molar-refractivity contribution in [2.75, 3.05) is 5.32 Å². The van der Waals surface area contributed by atoms with Crippen LogP contribution in [0.5, 0.6) is 0 Å². The minimum absolute atomic E-state index is 0.0285. The second kappa shape index (κ2) is 7.64. The van der Waals surface area contributed by atoms with E-state index in [-0.39, 0.29) is 24.3 Å². The van der Waals surface area contributed by atoms with Crippen molar-refractivity contribution in [2.45, 2.75) is 18.4 Å². The standard InChI is InChI=1S/C23H19FN2O2/c24-17-11-12-18-19(14-21(27)25-20(18)13-17)23(28)26-22(15-7-3-1-4-8-15)16-9-5-2-6-10-16/h1-13,19,22H,14H2,(H,25,27)(H,26,28). The van der Waals surface area contributed by atoms with Crippen molar-refractivity contribution >= 4 is 17.5 Å². The van der Waals surface area contributed by atoms with E-state index in [0.29, 0.717) is 11.3 Å². The molecule has 140 valence electrons. The van der Waals surface area contributed by atoms with Gasteiger partial charge in [0.25, 0.3) is 0 Å². The zero-order valence-corrected chi connectivity index (χ0v) is 15.1. The van der Waals surface area contributed by atoms with Crippen LogP contribution in [0.1, 0.15) is 35.1 Å². The summed E-state index contributed by atoms with van der Waals surface area (Å²) in [6.07, 6.45) is 0.0285. The van der Waals surface area contributed by atoms with Crippen molar-refractivity contribution in [2.24, 2.45) is 0 Å². The summed E-state index contributed by atoms with van der Waals surface area (Å²) in [7, 11) is 0. The normalized spacial score (nSPS) is 15.6. The van der Waals surface area contributed by atoms with Gasteiger partial charge in [-0.25, -0.2) is 4.39 Å². The monoisotopic (exact) mass is 374 g/mol. The van der Waals surface area contributed by atoms with Crippen LogP contribution in [-0.4, -0.2) is 11.8 Å². The molecule has 5 heteroatoms. The summed E-state index contributed by atoms with van der Waals surface area (Å²) in [6, 6.07) is 23.1. The summed E-state index contributed by atoms with van der Waals surface area (Å²) in [5.74, 6) is -1.68. The van der Waals surface area contributed by atoms with Gasteiger partial charge in [0, 0.05) is 12.1 Å². The maximum absolute atomic E-state index is 13.6. The van der Waals surface area contributed by atoms with Crippen LogP contribution in [0.25, 0.3) is 0 Å². The Bertz CT molecular complexity index is 966. The van der Waals surface area contributed by atoms with Gasteiger partial charge in [-0.3, -0.25) is 9.59 Å². The van der Waals surface area contributed by atoms with Crippen LogP contribution < -0.4 is 10.6 Å². The Balaban J connectivity index is 1.67. The van der Waals surface area contributed by atoms with Crippen molar-refractivity contribution < 1.29 is 14.0 Å². The Kier molecular flexibility index (Phi) is 4.89. The third-order valence-corrected chi connectivity index (χ3v) is 4.92. The summed E-state index contributed by atoms with van der Waals surface area (Å²) in [4.78, 5) is 25.2. The van der Waals surface area contributed by atoms with Gasteiger partial charge in [0.15, 0.2) is 0 Å². The Morgan fingerprint density at radius 1 is 0.964 bits per heavy atom. The lowest BCUT2D eigenvalue weighted by Crippen LogP contribution is -2.37. The molecule has 1 aliphatic rings. The molecule has 4 nitrogen and oxygen atoms in total. The van der Waals surface area contributed by atoms with Gasteiger partial charge in [-0.1, -0.05) is 66.7 Å². The second-order valence-electron chi connectivity index (χ2n) is 6.80. The maximum atomic E-state index is 13.6. The SMILES string of the molecule is O=C1CC(C(=O)NC(c2ccccc2)c2ccccc2)c2ccc(F)cc2N1. The lowest BCUT2D eigenvalue weighted by molar-refractivity contribution is -0.126. The smallest absolute Gasteiger partial charge is 0.228 e. The third-order valence-electron chi connectivity index (χ3n) is 4.92. The highest BCUT2D eigenvalue weighted by atomic mass is 19.1. The van der Waals surface area contributed by atoms with Crippen molar-refractivity contribution in [3.8, 4) is 0 Å². The molecule has 28 heavy (non-hydrogen) atoms. The van der Waals surface area contributed by atoms with E-state index in [9.17, 15) is 14.0 Å². The highest BCUT2D eigenvalue weighted by Gasteiger charge is 2.32. The third kappa shape index (κ3) is 3.64. The summed E-state index contributed by atoms with van der Waals surface area (Å²) in [6.45, 7) is 0. The molecule has 0 spiro atoms. The number of hydrogen-bond donors (Lipinski definition) is 2. The number of hydrogen-bond acceptors (Lipinski definition) is 2. The fourth-order valence-electron chi connectivity index (χ4n) is 3.56. The van der Waals surface area contributed by atoms with E-state index in [4.69, 9.17) is 0 Å². The number of carbonyl (C=O) groups is 2. The van der Waals surface area contributed by atoms with E-state index in [1.807, 2.05) is 60.7 Å². The molecular weight excluding hydrogens is 355 g/mol. The average molecular weight is 374 g/mol. The number of anilines is 1. The number of rotatable bonds is 4. The number of nitrogens with one attached hydrogen (secondary N) is 2. The molecule has 0 fully saturated rings. The van der Waals surface area contributed by atoms with E-state index >= 15 is 0 Å². The summed E-state index contributed by atoms with van der Waals surface area (Å²) >= 11 is 0. The minimum Gasteiger partial charge on any atom is -0.345 e. The molecule has 3 aromatic rings. The van der Waals surface area contributed by atoms with Gasteiger partial charge >= 0.3 is 0 Å². The minimum atomic E-state index is -0.667. The van der Waals surface area contributed by atoms with Crippen LogP contribution in [-0.2, 0) is 9.59 Å². The van der Waals surface area contributed by atoms with Crippen LogP contribution in [0.15, 0.2) is 78.9 Å². The van der Waals surface area contributed by atoms with Crippen LogP contribution >= 0.6 is 0 Å². The first-order valence-electron chi connectivity index (χ1n) is 9.11. The number of fused-ring (bicyclic) bond motifs is 1. The van der Waals surface area contributed by atoms with Crippen molar-refractivity contribution in [3.05, 3.63) is 101 Å². The Morgan fingerprint density at radius 2 is 1.57 bits per heavy atom. The second-order valence-corrected chi connectivity index (χ2v) is 6.80. The molecule has 1 heterocycles. The van der Waals surface area contributed by atoms with Gasteiger partial charge in [0.1, 0.15) is 5.82 Å². The lowest BCUT2D eigenvalue weighted by atomic mass is 9.88. The fourth-order valence-corrected chi connectivity index (χ4v) is 3.56. The van der Waals surface area contributed by atoms with Gasteiger partial charge in [-0.2, -0.15) is 0 Å². The van der Waals surface area contributed by atoms with Crippen molar-refractivity contribution in [1.29, 1.82) is 0 Å². The first-order chi connectivity index (χ1) is 13.6. The van der Waals surface area contributed by atoms with Crippen molar-refractivity contribution in [3.63, 3.8) is 0 Å². The Hall–Kier alpha value is -3.47. The summed E-state index contributed by atoms with van der Waals surface area (Å²) in [5, 5.41) is 5.73. The molecule has 0 saturated carbocycles. The Labute approximate surface area is 162 Å². The highest BCUT2D eigenvalue weighted by molar-refractivity contribution is 6.01. The lowest BCUT2D eigenvalue weighted by Gasteiger charge is -2.27. The molecule has 1 aliphatic heterocycles. The molecule has 2 N–H and O–H groups in total. The van der Waals surface area contributed by atoms with Crippen LogP contribution in [0.2, 0.25) is 0 Å². The number of amides is 2. The van der Waals surface area contributed by atoms with Gasteiger partial charge in [0.2, 0.25) is 11.8 Å². The molecular formula is C23H19FN2O2. The van der Waals surface area contributed by atoms with Crippen LogP contribution in [0.3, 0.4) is 0 Å². The van der Waals surface area contributed by atoms with Gasteiger partial charge < -0.3 is 10.6 Å². The molecule has 4 rings (SSSR count). The summed E-state index contributed by atoms with van der Waals surface area (Å²) < 4.78 is 13.6. The van der Waals surface area contributed by atoms with Crippen LogP contribution in [0, 0.1) is 5.82 Å². The van der Waals surface area contributed by atoms with E-state index in [2.05, 4.69) is 10.6 Å². The number of carbonyl (C=O) groups excluding carboxylic acids is 2. The molecule has 0 aliphatic carbocycles. The zero-order chi connectivity index (χ0) is 19.5. The van der Waals surface area contributed by atoms with Gasteiger partial charge in [0.05, 0.1) is 12.0 Å². The van der Waals surface area contributed by atoms with E-state index in [1.165, 1.54) is 12.1 Å². The Morgan fingerprint density at radius 3 is 2.18 bits per heavy atom. The van der Waals surface area contributed by atoms with Crippen molar-refractivity contribution in [1.82, 2.24) is 5.32 Å². The fraction of sp³-hybridized carbons (Fsp3) is 0.130. The van der Waals surface area contributed by atoms with E-state index in [0.717, 1.165) is 11.1 Å². The molecule has 0 bridgehead atoms. The largest absolute Gasteiger partial charge is 0.345 e. The van der Waals surface area contributed by atoms with Crippen LogP contribution in [0.4, 0.5) is 10.1 Å². The number of benzene rings is 3. The number of halogens is 1. The molecule has 1 atom stereocenters. The average Bonchev–Trinajstić information content (AvgIpc) is 2.72. The molecule has 1 unspecified atom stereocenters. The first-order valence-corrected chi connectivity index (χ1v) is 9.11. The zero-order valence-electron chi connectivity index (χ0n) is 15.1. The molecule has 0 radical (unpaired) electrons. The van der Waals surface area contributed by atoms with E-state index in [1.54, 1.807) is 6.07 Å². The molecule has 0 saturated heterocycles. The highest BCUT2D eigenvalue weighted by Crippen LogP contribution is 2.34. The molecule has 2 amide bonds. The predicted octanol–water partition coefficient (Wildman–Crippen LogP) is 4.16.